The fraction of sp³-hybridized carbons (Fsp3) is 0.727. The van der Waals surface area contributed by atoms with E-state index < -0.39 is 0 Å². The van der Waals surface area contributed by atoms with Crippen molar-refractivity contribution in [1.82, 2.24) is 9.78 Å². The summed E-state index contributed by atoms with van der Waals surface area (Å²) in [5.74, 6) is 0. The zero-order valence-corrected chi connectivity index (χ0v) is 11.4. The molecule has 0 bridgehead atoms. The lowest BCUT2D eigenvalue weighted by Crippen LogP contribution is -2.12. The van der Waals surface area contributed by atoms with Crippen LogP contribution in [0.15, 0.2) is 10.7 Å². The van der Waals surface area contributed by atoms with Crippen molar-refractivity contribution >= 4 is 15.9 Å². The summed E-state index contributed by atoms with van der Waals surface area (Å²) >= 11 is 3.49. The van der Waals surface area contributed by atoms with E-state index in [2.05, 4.69) is 48.7 Å². The van der Waals surface area contributed by atoms with Crippen LogP contribution in [0.5, 0.6) is 0 Å². The normalized spacial score (nSPS) is 13.5. The summed E-state index contributed by atoms with van der Waals surface area (Å²) in [6, 6.07) is 0.367. The van der Waals surface area contributed by atoms with Crippen LogP contribution in [0.3, 0.4) is 0 Å². The minimum Gasteiger partial charge on any atom is -0.372 e. The molecule has 1 atom stereocenters. The lowest BCUT2D eigenvalue weighted by molar-refractivity contribution is 0.0458. The highest BCUT2D eigenvalue weighted by atomic mass is 79.9. The van der Waals surface area contributed by atoms with E-state index in [1.807, 2.05) is 10.9 Å². The maximum atomic E-state index is 5.72. The second-order valence-electron chi connectivity index (χ2n) is 4.01. The smallest absolute Gasteiger partial charge is 0.0900 e. The van der Waals surface area contributed by atoms with Crippen LogP contribution < -0.4 is 0 Å². The monoisotopic (exact) mass is 274 g/mol. The predicted octanol–water partition coefficient (Wildman–Crippen LogP) is 3.54. The summed E-state index contributed by atoms with van der Waals surface area (Å²) in [6.07, 6.45) is 3.16. The molecule has 0 amide bonds. The van der Waals surface area contributed by atoms with Crippen molar-refractivity contribution in [3.8, 4) is 0 Å². The van der Waals surface area contributed by atoms with Crippen LogP contribution >= 0.6 is 15.9 Å². The zero-order chi connectivity index (χ0) is 11.4. The van der Waals surface area contributed by atoms with E-state index in [4.69, 9.17) is 4.74 Å². The molecule has 4 heteroatoms. The van der Waals surface area contributed by atoms with Gasteiger partial charge in [-0.25, -0.2) is 0 Å². The number of hydrogen-bond acceptors (Lipinski definition) is 2. The number of halogens is 1. The van der Waals surface area contributed by atoms with E-state index >= 15 is 0 Å². The molecule has 86 valence electrons. The molecular formula is C11H19BrN2O. The van der Waals surface area contributed by atoms with Crippen LogP contribution in [0, 0.1) is 0 Å². The topological polar surface area (TPSA) is 27.1 Å². The molecule has 0 N–H and O–H groups in total. The van der Waals surface area contributed by atoms with Crippen molar-refractivity contribution in [3.63, 3.8) is 0 Å². The van der Waals surface area contributed by atoms with Gasteiger partial charge in [-0.3, -0.25) is 4.68 Å². The molecule has 0 aliphatic carbocycles. The second-order valence-corrected chi connectivity index (χ2v) is 4.86. The Morgan fingerprint density at radius 1 is 1.47 bits per heavy atom. The Labute approximate surface area is 99.9 Å². The number of hydrogen-bond donors (Lipinski definition) is 0. The van der Waals surface area contributed by atoms with Crippen LogP contribution in [0.4, 0.5) is 0 Å². The minimum atomic E-state index is 0.299. The quantitative estimate of drug-likeness (QED) is 0.821. The van der Waals surface area contributed by atoms with E-state index in [0.717, 1.165) is 16.6 Å². The van der Waals surface area contributed by atoms with Gasteiger partial charge in [0.2, 0.25) is 0 Å². The molecule has 0 saturated heterocycles. The Kier molecular flexibility index (Phi) is 4.80. The maximum absolute atomic E-state index is 5.72. The van der Waals surface area contributed by atoms with Crippen LogP contribution in [-0.2, 0) is 11.3 Å². The Bertz CT molecular complexity index is 310. The van der Waals surface area contributed by atoms with Gasteiger partial charge in [-0.05, 0) is 43.1 Å². The molecule has 1 unspecified atom stereocenters. The van der Waals surface area contributed by atoms with E-state index in [-0.39, 0.29) is 0 Å². The molecule has 0 radical (unpaired) electrons. The summed E-state index contributed by atoms with van der Waals surface area (Å²) in [7, 11) is 0. The third-order valence-corrected chi connectivity index (χ3v) is 3.08. The number of rotatable bonds is 5. The Hall–Kier alpha value is -0.350. The van der Waals surface area contributed by atoms with Gasteiger partial charge in [-0.15, -0.1) is 0 Å². The van der Waals surface area contributed by atoms with Gasteiger partial charge in [-0.1, -0.05) is 6.92 Å². The molecule has 1 aromatic heterocycles. The number of aromatic nitrogens is 2. The van der Waals surface area contributed by atoms with Gasteiger partial charge in [0.1, 0.15) is 0 Å². The van der Waals surface area contributed by atoms with Gasteiger partial charge in [-0.2, -0.15) is 5.10 Å². The van der Waals surface area contributed by atoms with Crippen molar-refractivity contribution < 1.29 is 4.74 Å². The molecule has 0 aliphatic heterocycles. The second kappa shape index (κ2) is 5.66. The average Bonchev–Trinajstić information content (AvgIpc) is 2.56. The Morgan fingerprint density at radius 2 is 2.13 bits per heavy atom. The lowest BCUT2D eigenvalue weighted by atomic mass is 10.3. The van der Waals surface area contributed by atoms with Crippen LogP contribution in [-0.4, -0.2) is 15.9 Å². The Morgan fingerprint density at radius 3 is 2.67 bits per heavy atom. The molecule has 1 rings (SSSR count). The van der Waals surface area contributed by atoms with Crippen molar-refractivity contribution in [3.05, 3.63) is 16.4 Å². The molecule has 1 aromatic rings. The fourth-order valence-corrected chi connectivity index (χ4v) is 1.67. The third-order valence-electron chi connectivity index (χ3n) is 2.42. The third kappa shape index (κ3) is 3.31. The molecule has 0 saturated carbocycles. The summed E-state index contributed by atoms with van der Waals surface area (Å²) in [5.41, 5.74) is 1.12. The highest BCUT2D eigenvalue weighted by Crippen LogP contribution is 2.20. The molecule has 0 fully saturated rings. The number of nitrogens with zero attached hydrogens (tertiary/aromatic N) is 2. The molecule has 0 aliphatic rings. The van der Waals surface area contributed by atoms with Crippen LogP contribution in [0.25, 0.3) is 0 Å². The van der Waals surface area contributed by atoms with Crippen molar-refractivity contribution in [2.24, 2.45) is 0 Å². The predicted molar refractivity (Wildman–Crippen MR) is 64.9 cm³/mol. The lowest BCUT2D eigenvalue weighted by Gasteiger charge is -2.14. The Balaban J connectivity index is 2.70. The van der Waals surface area contributed by atoms with Crippen molar-refractivity contribution in [2.45, 2.75) is 52.9 Å². The molecule has 15 heavy (non-hydrogen) atoms. The van der Waals surface area contributed by atoms with E-state index in [1.54, 1.807) is 0 Å². The highest BCUT2D eigenvalue weighted by molar-refractivity contribution is 9.10. The highest BCUT2D eigenvalue weighted by Gasteiger charge is 2.12. The van der Waals surface area contributed by atoms with Gasteiger partial charge in [0, 0.05) is 6.04 Å². The number of ether oxygens (including phenoxy) is 1. The van der Waals surface area contributed by atoms with Gasteiger partial charge in [0.15, 0.2) is 0 Å². The minimum absolute atomic E-state index is 0.299. The summed E-state index contributed by atoms with van der Waals surface area (Å²) in [5, 5.41) is 4.31. The standard InChI is InChI=1S/C11H19BrN2O/c1-5-9(4)15-7-11-10(12)6-13-14(11)8(2)3/h6,8-9H,5,7H2,1-4H3. The first kappa shape index (κ1) is 12.7. The van der Waals surface area contributed by atoms with E-state index in [1.165, 1.54) is 0 Å². The fourth-order valence-electron chi connectivity index (χ4n) is 1.29. The average molecular weight is 275 g/mol. The first-order chi connectivity index (χ1) is 7.06. The summed E-state index contributed by atoms with van der Waals surface area (Å²) < 4.78 is 8.74. The summed E-state index contributed by atoms with van der Waals surface area (Å²) in [4.78, 5) is 0. The van der Waals surface area contributed by atoms with Crippen LogP contribution in [0.1, 0.15) is 45.9 Å². The van der Waals surface area contributed by atoms with Gasteiger partial charge >= 0.3 is 0 Å². The first-order valence-electron chi connectivity index (χ1n) is 5.39. The van der Waals surface area contributed by atoms with Gasteiger partial charge < -0.3 is 4.74 Å². The van der Waals surface area contributed by atoms with Crippen LogP contribution in [0.2, 0.25) is 0 Å². The SMILES string of the molecule is CCC(C)OCc1c(Br)cnn1C(C)C. The van der Waals surface area contributed by atoms with Crippen molar-refractivity contribution in [1.29, 1.82) is 0 Å². The maximum Gasteiger partial charge on any atom is 0.0900 e. The first-order valence-corrected chi connectivity index (χ1v) is 6.19. The van der Waals surface area contributed by atoms with Crippen molar-refractivity contribution in [2.75, 3.05) is 0 Å². The molecule has 1 heterocycles. The molecule has 0 spiro atoms. The van der Waals surface area contributed by atoms with E-state index in [9.17, 15) is 0 Å². The van der Waals surface area contributed by atoms with E-state index in [0.29, 0.717) is 18.8 Å². The van der Waals surface area contributed by atoms with Gasteiger partial charge in [0.05, 0.1) is 29.1 Å². The summed E-state index contributed by atoms with van der Waals surface area (Å²) in [6.45, 7) is 9.07. The largest absolute Gasteiger partial charge is 0.372 e. The molecule has 3 nitrogen and oxygen atoms in total. The molecule has 0 aromatic carbocycles. The zero-order valence-electron chi connectivity index (χ0n) is 9.83. The van der Waals surface area contributed by atoms with Gasteiger partial charge in [0.25, 0.3) is 0 Å². The molecular weight excluding hydrogens is 256 g/mol.